The molecule has 4 aromatic heterocycles. The highest BCUT2D eigenvalue weighted by atomic mass is 31.2. The van der Waals surface area contributed by atoms with Crippen molar-refractivity contribution in [1.29, 1.82) is 0 Å². The van der Waals surface area contributed by atoms with Crippen molar-refractivity contribution < 1.29 is 52.8 Å². The molecule has 0 radical (unpaired) electrons. The van der Waals surface area contributed by atoms with Gasteiger partial charge in [0.05, 0.1) is 18.6 Å². The van der Waals surface area contributed by atoms with E-state index < -0.39 is 83.1 Å². The molecule has 0 aliphatic carbocycles. The maximum Gasteiger partial charge on any atom is 0.694 e. The molecule has 2 unspecified atom stereocenters. The average Bonchev–Trinajstić information content (AvgIpc) is 3.72. The molecule has 2 aliphatic rings. The Kier molecular flexibility index (Phi) is 7.97. The highest BCUT2D eigenvalue weighted by Gasteiger charge is 2.56. The monoisotopic (exact) mass is 658 g/mol. The number of aliphatic hydroxyl groups excluding tert-OH is 3. The number of hydrogen-bond donors (Lipinski definition) is 8. The third-order valence-corrected chi connectivity index (χ3v) is 9.58. The van der Waals surface area contributed by atoms with E-state index in [1.165, 1.54) is 10.8 Å². The number of rotatable bonds is 9. The molecule has 10 N–H and O–H groups in total. The summed E-state index contributed by atoms with van der Waals surface area (Å²) in [6, 6.07) is 3.14. The van der Waals surface area contributed by atoms with Crippen LogP contribution in [0.4, 0.5) is 11.8 Å². The number of nitrogen functional groups attached to an aromatic ring is 2. The van der Waals surface area contributed by atoms with Crippen LogP contribution in [0.2, 0.25) is 0 Å². The standard InChI is InChI=1S/C21H25N9O12P2/c22-17-8-2-1-7(30(8)26-5-24-17)15-14(33)12(31)10(41-15)4-40-44(37,38)16-13(32)9(3-39-43(35)36)42-20(16)29-6-25-11-18(29)27-21(23)28-19(11)34/h1-2,5-6,9-10,12-16,20,31-33H,3-4H2,(H6-,22,23,24,26,27,28,34,35,36,37,38)/p+1/t9-,10-,12-,13-,14-,15+,16-,20-/m1/s1. The number of nitrogens with one attached hydrogen (secondary N) is 1. The number of aliphatic hydroxyl groups is 3. The van der Waals surface area contributed by atoms with Crippen LogP contribution in [0.5, 0.6) is 0 Å². The molecule has 10 atom stereocenters. The first kappa shape index (κ1) is 30.6. The summed E-state index contributed by atoms with van der Waals surface area (Å²) in [7, 11) is -8.09. The second kappa shape index (κ2) is 11.5. The number of anilines is 2. The number of fused-ring (bicyclic) bond motifs is 2. The van der Waals surface area contributed by atoms with Gasteiger partial charge in [-0.1, -0.05) is 0 Å². The number of nitrogens with two attached hydrogens (primary N) is 2. The molecule has 6 heterocycles. The number of hydrogen-bond acceptors (Lipinski definition) is 16. The molecule has 2 saturated heterocycles. The van der Waals surface area contributed by atoms with Gasteiger partial charge in [-0.3, -0.25) is 18.9 Å². The minimum atomic E-state index is -4.98. The lowest BCUT2D eigenvalue weighted by molar-refractivity contribution is -0.0388. The summed E-state index contributed by atoms with van der Waals surface area (Å²) in [5.41, 5.74) is 9.37. The molecule has 2 aliphatic heterocycles. The summed E-state index contributed by atoms with van der Waals surface area (Å²) in [5.74, 6) is -0.139. The Labute approximate surface area is 245 Å². The largest absolute Gasteiger partial charge is 0.694 e. The van der Waals surface area contributed by atoms with E-state index in [-0.39, 0.29) is 22.9 Å². The number of aromatic amines is 1. The van der Waals surface area contributed by atoms with Gasteiger partial charge in [-0.15, -0.1) is 9.42 Å². The predicted molar refractivity (Wildman–Crippen MR) is 145 cm³/mol. The highest BCUT2D eigenvalue weighted by molar-refractivity contribution is 7.53. The van der Waals surface area contributed by atoms with Crippen molar-refractivity contribution in [3.05, 3.63) is 40.8 Å². The van der Waals surface area contributed by atoms with Crippen LogP contribution < -0.4 is 17.0 Å². The van der Waals surface area contributed by atoms with E-state index >= 15 is 0 Å². The zero-order valence-electron chi connectivity index (χ0n) is 22.2. The second-order valence-electron chi connectivity index (χ2n) is 9.99. The molecule has 4 aromatic rings. The van der Waals surface area contributed by atoms with Gasteiger partial charge in [0.25, 0.3) is 5.56 Å². The summed E-state index contributed by atoms with van der Waals surface area (Å²) >= 11 is 0. The zero-order chi connectivity index (χ0) is 31.5. The molecule has 0 spiro atoms. The molecule has 0 amide bonds. The molecule has 0 aromatic carbocycles. The molecule has 0 saturated carbocycles. The number of imidazole rings is 1. The van der Waals surface area contributed by atoms with Crippen LogP contribution >= 0.6 is 15.9 Å². The van der Waals surface area contributed by atoms with E-state index in [1.807, 2.05) is 0 Å². The third-order valence-electron chi connectivity index (χ3n) is 7.38. The maximum absolute atomic E-state index is 13.7. The smallest absolute Gasteiger partial charge is 0.389 e. The van der Waals surface area contributed by atoms with Crippen LogP contribution in [-0.4, -0.2) is 109 Å². The van der Waals surface area contributed by atoms with Crippen LogP contribution in [0.3, 0.4) is 0 Å². The Morgan fingerprint density at radius 3 is 2.59 bits per heavy atom. The first-order valence-electron chi connectivity index (χ1n) is 12.8. The molecular formula is C21H26N9O12P2+. The molecule has 2 fully saturated rings. The predicted octanol–water partition coefficient (Wildman–Crippen LogP) is -2.32. The topological polar surface area (TPSA) is 318 Å². The molecule has 0 bridgehead atoms. The first-order chi connectivity index (χ1) is 20.9. The van der Waals surface area contributed by atoms with Crippen molar-refractivity contribution in [2.75, 3.05) is 24.7 Å². The molecule has 44 heavy (non-hydrogen) atoms. The van der Waals surface area contributed by atoms with Crippen molar-refractivity contribution in [2.24, 2.45) is 0 Å². The SMILES string of the molecule is Nc1nc2c(ncn2[C@@H]2O[C@H](CO[P+](=O)O)[C@@H](O)[C@H]2P(=O)(O)OC[C@H]2O[C@@H](c3ccc4c(N)ncnn34)[C@H](O)[C@@H]2O)c(=O)[nH]1. The lowest BCUT2D eigenvalue weighted by atomic mass is 10.1. The summed E-state index contributed by atoms with van der Waals surface area (Å²) in [6.45, 7) is -1.40. The minimum Gasteiger partial charge on any atom is -0.389 e. The van der Waals surface area contributed by atoms with Gasteiger partial charge in [-0.05, 0) is 12.1 Å². The second-order valence-corrected chi connectivity index (χ2v) is 12.7. The van der Waals surface area contributed by atoms with E-state index in [2.05, 4.69) is 29.6 Å². The van der Waals surface area contributed by atoms with Gasteiger partial charge >= 0.3 is 15.9 Å². The van der Waals surface area contributed by atoms with Gasteiger partial charge in [0.2, 0.25) is 5.95 Å². The normalized spacial score (nSPS) is 30.7. The molecule has 21 nitrogen and oxygen atoms in total. The Morgan fingerprint density at radius 1 is 1.09 bits per heavy atom. The quantitative estimate of drug-likeness (QED) is 0.0875. The van der Waals surface area contributed by atoms with Gasteiger partial charge in [0.15, 0.2) is 23.2 Å². The number of H-pyrrole nitrogens is 1. The van der Waals surface area contributed by atoms with Gasteiger partial charge in [0, 0.05) is 4.57 Å². The number of ether oxygens (including phenoxy) is 2. The van der Waals surface area contributed by atoms with Crippen molar-refractivity contribution in [2.45, 2.75) is 48.5 Å². The first-order valence-corrected chi connectivity index (χ1v) is 15.6. The maximum atomic E-state index is 13.7. The highest BCUT2D eigenvalue weighted by Crippen LogP contribution is 2.57. The minimum absolute atomic E-state index is 0.160. The van der Waals surface area contributed by atoms with E-state index in [9.17, 15) is 34.1 Å². The van der Waals surface area contributed by atoms with Crippen LogP contribution in [0, 0.1) is 0 Å². The molecule has 6 rings (SSSR count). The van der Waals surface area contributed by atoms with Crippen LogP contribution in [0.25, 0.3) is 16.7 Å². The van der Waals surface area contributed by atoms with Crippen LogP contribution in [-0.2, 0) is 27.7 Å². The molecule has 236 valence electrons. The van der Waals surface area contributed by atoms with Gasteiger partial charge in [-0.25, -0.2) is 14.5 Å². The van der Waals surface area contributed by atoms with E-state index in [1.54, 1.807) is 12.1 Å². The fourth-order valence-electron chi connectivity index (χ4n) is 5.30. The van der Waals surface area contributed by atoms with E-state index in [0.717, 1.165) is 10.9 Å². The van der Waals surface area contributed by atoms with E-state index in [4.69, 9.17) is 30.4 Å². The Hall–Kier alpha value is -3.46. The fraction of sp³-hybridized carbons (Fsp3) is 0.476. The molecular weight excluding hydrogens is 632 g/mol. The van der Waals surface area contributed by atoms with Crippen LogP contribution in [0.15, 0.2) is 29.6 Å². The summed E-state index contributed by atoms with van der Waals surface area (Å²) in [6.07, 6.45) is -8.12. The lowest BCUT2D eigenvalue weighted by Crippen LogP contribution is -2.36. The number of nitrogens with zero attached hydrogens (tertiary/aromatic N) is 6. The summed E-state index contributed by atoms with van der Waals surface area (Å²) in [4.78, 5) is 46.6. The zero-order valence-corrected chi connectivity index (χ0v) is 24.0. The van der Waals surface area contributed by atoms with Crippen molar-refractivity contribution in [3.63, 3.8) is 0 Å². The summed E-state index contributed by atoms with van der Waals surface area (Å²) in [5, 5.41) is 36.6. The Balaban J connectivity index is 1.26. The van der Waals surface area contributed by atoms with Gasteiger partial charge < -0.3 is 45.7 Å². The summed E-state index contributed by atoms with van der Waals surface area (Å²) < 4.78 is 48.8. The van der Waals surface area contributed by atoms with Crippen molar-refractivity contribution >= 4 is 44.3 Å². The third kappa shape index (κ3) is 5.27. The Morgan fingerprint density at radius 2 is 1.84 bits per heavy atom. The lowest BCUT2D eigenvalue weighted by Gasteiger charge is -2.27. The molecule has 23 heteroatoms. The van der Waals surface area contributed by atoms with Gasteiger partial charge in [-0.2, -0.15) is 10.1 Å². The van der Waals surface area contributed by atoms with Crippen molar-refractivity contribution in [1.82, 2.24) is 34.1 Å². The van der Waals surface area contributed by atoms with Gasteiger partial charge in [0.1, 0.15) is 60.7 Å². The van der Waals surface area contributed by atoms with E-state index in [0.29, 0.717) is 11.2 Å². The van der Waals surface area contributed by atoms with Crippen LogP contribution in [0.1, 0.15) is 18.0 Å². The Bertz CT molecular complexity index is 1830. The average molecular weight is 658 g/mol. The number of aromatic nitrogens is 7. The van der Waals surface area contributed by atoms with Crippen molar-refractivity contribution in [3.8, 4) is 0 Å². The fourth-order valence-corrected chi connectivity index (χ4v) is 7.22.